The number of aliphatic carboxylic acids is 2. The Kier molecular flexibility index (Phi) is 6.94. The van der Waals surface area contributed by atoms with E-state index in [1.165, 1.54) is 6.92 Å². The van der Waals surface area contributed by atoms with E-state index in [4.69, 9.17) is 10.2 Å². The fraction of sp³-hybridized carbons (Fsp3) is 0.600. The molecule has 0 aromatic rings. The normalized spacial score (nSPS) is 12.9. The van der Waals surface area contributed by atoms with Crippen LogP contribution in [0.4, 0.5) is 4.79 Å². The first-order valence-corrected chi connectivity index (χ1v) is 5.37. The summed E-state index contributed by atoms with van der Waals surface area (Å²) in [5, 5.41) is 21.5. The monoisotopic (exact) mass is 276 g/mol. The molecular weight excluding hydrogens is 260 g/mol. The van der Waals surface area contributed by atoms with Gasteiger partial charge in [-0.15, -0.1) is 0 Å². The van der Waals surface area contributed by atoms with E-state index in [-0.39, 0.29) is 6.42 Å². The predicted octanol–water partition coefficient (Wildman–Crippen LogP) is -0.835. The minimum atomic E-state index is -1.36. The van der Waals surface area contributed by atoms with Crippen LogP contribution >= 0.6 is 0 Å². The van der Waals surface area contributed by atoms with Crippen molar-refractivity contribution in [2.75, 3.05) is 7.11 Å². The Morgan fingerprint density at radius 1 is 1.16 bits per heavy atom. The van der Waals surface area contributed by atoms with Crippen LogP contribution in [0.5, 0.6) is 0 Å². The van der Waals surface area contributed by atoms with E-state index in [1.807, 2.05) is 0 Å². The van der Waals surface area contributed by atoms with Crippen molar-refractivity contribution >= 4 is 23.9 Å². The van der Waals surface area contributed by atoms with E-state index in [9.17, 15) is 19.2 Å². The first-order chi connectivity index (χ1) is 8.77. The van der Waals surface area contributed by atoms with Gasteiger partial charge in [0.2, 0.25) is 0 Å². The number of amides is 2. The van der Waals surface area contributed by atoms with Crippen LogP contribution in [-0.4, -0.2) is 53.3 Å². The molecule has 2 atom stereocenters. The second-order valence-corrected chi connectivity index (χ2v) is 3.69. The van der Waals surface area contributed by atoms with Crippen LogP contribution in [0.25, 0.3) is 0 Å². The zero-order valence-electron chi connectivity index (χ0n) is 10.5. The predicted molar refractivity (Wildman–Crippen MR) is 61.4 cm³/mol. The van der Waals surface area contributed by atoms with Gasteiger partial charge in [-0.3, -0.25) is 4.79 Å². The van der Waals surface area contributed by atoms with Gasteiger partial charge in [0.1, 0.15) is 12.1 Å². The number of ether oxygens (including phenoxy) is 1. The first kappa shape index (κ1) is 16.7. The fourth-order valence-corrected chi connectivity index (χ4v) is 1.16. The number of methoxy groups -OCH3 is 1. The average Bonchev–Trinajstić information content (AvgIpc) is 2.32. The molecule has 0 heterocycles. The van der Waals surface area contributed by atoms with Crippen molar-refractivity contribution < 1.29 is 34.1 Å². The summed E-state index contributed by atoms with van der Waals surface area (Å²) in [7, 11) is 1.14. The molecule has 0 spiro atoms. The van der Waals surface area contributed by atoms with Crippen LogP contribution in [0.1, 0.15) is 19.8 Å². The van der Waals surface area contributed by atoms with Crippen molar-refractivity contribution in [2.24, 2.45) is 0 Å². The van der Waals surface area contributed by atoms with Gasteiger partial charge < -0.3 is 25.6 Å². The molecule has 9 heteroatoms. The lowest BCUT2D eigenvalue weighted by molar-refractivity contribution is -0.142. The second-order valence-electron chi connectivity index (χ2n) is 3.69. The lowest BCUT2D eigenvalue weighted by Crippen LogP contribution is -2.50. The molecule has 19 heavy (non-hydrogen) atoms. The molecule has 0 aromatic carbocycles. The molecule has 0 radical (unpaired) electrons. The molecule has 0 bridgehead atoms. The van der Waals surface area contributed by atoms with Crippen LogP contribution in [0.2, 0.25) is 0 Å². The molecule has 4 N–H and O–H groups in total. The van der Waals surface area contributed by atoms with E-state index in [1.54, 1.807) is 0 Å². The van der Waals surface area contributed by atoms with Crippen molar-refractivity contribution in [3.8, 4) is 0 Å². The fourth-order valence-electron chi connectivity index (χ4n) is 1.16. The van der Waals surface area contributed by atoms with Crippen LogP contribution in [0.3, 0.4) is 0 Å². The number of urea groups is 1. The number of carbonyl (C=O) groups is 4. The molecule has 0 saturated heterocycles. The maximum absolute atomic E-state index is 11.4. The molecule has 0 saturated carbocycles. The van der Waals surface area contributed by atoms with Crippen molar-refractivity contribution in [3.05, 3.63) is 0 Å². The first-order valence-electron chi connectivity index (χ1n) is 5.37. The molecule has 0 aliphatic heterocycles. The highest BCUT2D eigenvalue weighted by Crippen LogP contribution is 1.98. The Labute approximate surface area is 108 Å². The number of carboxylic acid groups (broad SMARTS) is 2. The molecule has 0 aliphatic carbocycles. The zero-order valence-corrected chi connectivity index (χ0v) is 10.5. The third kappa shape index (κ3) is 6.86. The molecule has 1 unspecified atom stereocenters. The summed E-state index contributed by atoms with van der Waals surface area (Å²) >= 11 is 0. The highest BCUT2D eigenvalue weighted by atomic mass is 16.5. The SMILES string of the molecule is COC(=O)[C@H](C)NC(=O)NC(CCC(=O)O)C(=O)O. The highest BCUT2D eigenvalue weighted by Gasteiger charge is 2.23. The molecular formula is C10H16N2O7. The van der Waals surface area contributed by atoms with Crippen molar-refractivity contribution in [1.82, 2.24) is 10.6 Å². The maximum Gasteiger partial charge on any atom is 0.328 e. The summed E-state index contributed by atoms with van der Waals surface area (Å²) in [4.78, 5) is 43.5. The summed E-state index contributed by atoms with van der Waals surface area (Å²) < 4.78 is 4.37. The number of rotatable bonds is 7. The Morgan fingerprint density at radius 3 is 2.16 bits per heavy atom. The quantitative estimate of drug-likeness (QED) is 0.444. The Balaban J connectivity index is 4.35. The number of hydrogen-bond acceptors (Lipinski definition) is 5. The van der Waals surface area contributed by atoms with Gasteiger partial charge >= 0.3 is 23.9 Å². The summed E-state index contributed by atoms with van der Waals surface area (Å²) in [6.45, 7) is 1.36. The van der Waals surface area contributed by atoms with Gasteiger partial charge in [-0.2, -0.15) is 0 Å². The third-order valence-corrected chi connectivity index (χ3v) is 2.15. The number of nitrogens with one attached hydrogen (secondary N) is 2. The minimum Gasteiger partial charge on any atom is -0.481 e. The lowest BCUT2D eigenvalue weighted by atomic mass is 10.1. The summed E-state index contributed by atoms with van der Waals surface area (Å²) in [5.74, 6) is -3.22. The second kappa shape index (κ2) is 7.90. The molecule has 0 fully saturated rings. The van der Waals surface area contributed by atoms with Gasteiger partial charge in [-0.05, 0) is 13.3 Å². The van der Waals surface area contributed by atoms with Crippen LogP contribution < -0.4 is 10.6 Å². The molecule has 0 rings (SSSR count). The summed E-state index contributed by atoms with van der Waals surface area (Å²) in [5.41, 5.74) is 0. The Morgan fingerprint density at radius 2 is 1.74 bits per heavy atom. The smallest absolute Gasteiger partial charge is 0.328 e. The molecule has 9 nitrogen and oxygen atoms in total. The van der Waals surface area contributed by atoms with Gasteiger partial charge in [-0.25, -0.2) is 14.4 Å². The van der Waals surface area contributed by atoms with Gasteiger partial charge in [-0.1, -0.05) is 0 Å². The lowest BCUT2D eigenvalue weighted by Gasteiger charge is -2.16. The van der Waals surface area contributed by atoms with Crippen molar-refractivity contribution in [2.45, 2.75) is 31.8 Å². The van der Waals surface area contributed by atoms with Gasteiger partial charge in [0.15, 0.2) is 0 Å². The number of esters is 1. The van der Waals surface area contributed by atoms with E-state index in [0.717, 1.165) is 7.11 Å². The van der Waals surface area contributed by atoms with Gasteiger partial charge in [0, 0.05) is 6.42 Å². The van der Waals surface area contributed by atoms with Crippen LogP contribution in [0, 0.1) is 0 Å². The number of hydrogen-bond donors (Lipinski definition) is 4. The standard InChI is InChI=1S/C10H16N2O7/c1-5(9(17)19-2)11-10(18)12-6(8(15)16)3-4-7(13)14/h5-6H,3-4H2,1-2H3,(H,13,14)(H,15,16)(H2,11,12,18)/t5-,6?/m0/s1. The Bertz CT molecular complexity index is 369. The van der Waals surface area contributed by atoms with Crippen molar-refractivity contribution in [1.29, 1.82) is 0 Å². The summed E-state index contributed by atoms with van der Waals surface area (Å²) in [6.07, 6.45) is -0.658. The van der Waals surface area contributed by atoms with Crippen molar-refractivity contribution in [3.63, 3.8) is 0 Å². The number of carbonyl (C=O) groups excluding carboxylic acids is 2. The topological polar surface area (TPSA) is 142 Å². The average molecular weight is 276 g/mol. The van der Waals surface area contributed by atoms with E-state index < -0.39 is 42.4 Å². The zero-order chi connectivity index (χ0) is 15.0. The van der Waals surface area contributed by atoms with Crippen LogP contribution in [-0.2, 0) is 19.1 Å². The van der Waals surface area contributed by atoms with Crippen LogP contribution in [0.15, 0.2) is 0 Å². The maximum atomic E-state index is 11.4. The van der Waals surface area contributed by atoms with Gasteiger partial charge in [0.05, 0.1) is 7.11 Å². The highest BCUT2D eigenvalue weighted by molar-refractivity contribution is 5.86. The summed E-state index contributed by atoms with van der Waals surface area (Å²) in [6, 6.07) is -3.18. The molecule has 0 aliphatic rings. The van der Waals surface area contributed by atoms with Gasteiger partial charge in [0.25, 0.3) is 0 Å². The molecule has 0 aromatic heterocycles. The minimum absolute atomic E-state index is 0.259. The van der Waals surface area contributed by atoms with E-state index >= 15 is 0 Å². The largest absolute Gasteiger partial charge is 0.481 e. The number of carboxylic acids is 2. The third-order valence-electron chi connectivity index (χ3n) is 2.15. The molecule has 108 valence electrons. The van der Waals surface area contributed by atoms with E-state index in [0.29, 0.717) is 0 Å². The van der Waals surface area contributed by atoms with E-state index in [2.05, 4.69) is 15.4 Å². The molecule has 2 amide bonds. The Hall–Kier alpha value is -2.32.